The van der Waals surface area contributed by atoms with Crippen molar-refractivity contribution in [2.45, 2.75) is 26.4 Å². The van der Waals surface area contributed by atoms with Crippen molar-refractivity contribution in [1.29, 1.82) is 0 Å². The van der Waals surface area contributed by atoms with Gasteiger partial charge in [0.25, 0.3) is 5.69 Å². The lowest BCUT2D eigenvalue weighted by Crippen LogP contribution is -2.15. The van der Waals surface area contributed by atoms with Gasteiger partial charge in [-0.1, -0.05) is 6.92 Å². The van der Waals surface area contributed by atoms with Gasteiger partial charge in [0, 0.05) is 6.07 Å². The van der Waals surface area contributed by atoms with E-state index in [1.54, 1.807) is 13.8 Å². The van der Waals surface area contributed by atoms with Gasteiger partial charge in [0.15, 0.2) is 0 Å². The van der Waals surface area contributed by atoms with Gasteiger partial charge < -0.3 is 9.84 Å². The summed E-state index contributed by atoms with van der Waals surface area (Å²) < 4.78 is 4.99. The molecule has 0 radical (unpaired) electrons. The minimum absolute atomic E-state index is 0.254. The molecule has 0 saturated carbocycles. The number of nitro groups is 1. The number of rotatable bonds is 5. The molecule has 7 nitrogen and oxygen atoms in total. The number of hydrogen-bond acceptors (Lipinski definition) is 5. The number of esters is 1. The van der Waals surface area contributed by atoms with Crippen LogP contribution >= 0.6 is 0 Å². The van der Waals surface area contributed by atoms with E-state index >= 15 is 0 Å². The molecule has 1 rings (SSSR count). The minimum atomic E-state index is -1.30. The molecule has 0 spiro atoms. The third-order valence-electron chi connectivity index (χ3n) is 2.54. The van der Waals surface area contributed by atoms with Crippen LogP contribution in [0.4, 0.5) is 5.69 Å². The molecular formula is C12H13NO6. The third kappa shape index (κ3) is 3.51. The van der Waals surface area contributed by atoms with Crippen molar-refractivity contribution in [3.8, 4) is 0 Å². The normalized spacial score (nSPS) is 11.7. The summed E-state index contributed by atoms with van der Waals surface area (Å²) in [6.45, 7) is 3.47. The smallest absolute Gasteiger partial charge is 0.345 e. The van der Waals surface area contributed by atoms with Crippen molar-refractivity contribution in [3.63, 3.8) is 0 Å². The van der Waals surface area contributed by atoms with Gasteiger partial charge in [-0.15, -0.1) is 0 Å². The number of ether oxygens (including phenoxy) is 1. The summed E-state index contributed by atoms with van der Waals surface area (Å²) in [7, 11) is 0. The fourth-order valence-electron chi connectivity index (χ4n) is 1.32. The Labute approximate surface area is 109 Å². The number of carboxylic acid groups (broad SMARTS) is 1. The molecule has 1 N–H and O–H groups in total. The van der Waals surface area contributed by atoms with E-state index in [1.165, 1.54) is 0 Å². The van der Waals surface area contributed by atoms with Crippen LogP contribution in [0.5, 0.6) is 0 Å². The molecule has 7 heteroatoms. The first-order valence-electron chi connectivity index (χ1n) is 5.59. The lowest BCUT2D eigenvalue weighted by Gasteiger charge is -2.10. The zero-order chi connectivity index (χ0) is 14.6. The zero-order valence-electron chi connectivity index (χ0n) is 10.5. The topological polar surface area (TPSA) is 107 Å². The van der Waals surface area contributed by atoms with E-state index in [-0.39, 0.29) is 17.2 Å². The molecule has 1 aromatic rings. The van der Waals surface area contributed by atoms with Crippen molar-refractivity contribution in [3.05, 3.63) is 39.4 Å². The molecule has 0 bridgehead atoms. The molecule has 0 aliphatic heterocycles. The molecule has 1 atom stereocenters. The lowest BCUT2D eigenvalue weighted by molar-refractivity contribution is -0.385. The van der Waals surface area contributed by atoms with E-state index in [1.807, 2.05) is 0 Å². The number of nitrogens with zero attached hydrogens (tertiary/aromatic N) is 1. The van der Waals surface area contributed by atoms with Crippen LogP contribution in [-0.2, 0) is 4.74 Å². The first-order valence-corrected chi connectivity index (χ1v) is 5.59. The quantitative estimate of drug-likeness (QED) is 0.498. The summed E-state index contributed by atoms with van der Waals surface area (Å²) in [5, 5.41) is 19.6. The highest BCUT2D eigenvalue weighted by molar-refractivity contribution is 5.96. The standard InChI is InChI=1S/C12H13NO6/c1-3-7(2)19-12(16)9-5-4-8(11(14)15)6-10(9)13(17)18/h4-7H,3H2,1-2H3,(H,14,15). The fraction of sp³-hybridized carbons (Fsp3) is 0.333. The van der Waals surface area contributed by atoms with E-state index in [2.05, 4.69) is 0 Å². The molecule has 1 aromatic carbocycles. The van der Waals surface area contributed by atoms with Crippen molar-refractivity contribution in [2.24, 2.45) is 0 Å². The molecule has 0 amide bonds. The van der Waals surface area contributed by atoms with E-state index in [4.69, 9.17) is 9.84 Å². The number of benzene rings is 1. The molecular weight excluding hydrogens is 254 g/mol. The SMILES string of the molecule is CCC(C)OC(=O)c1ccc(C(=O)O)cc1[N+](=O)[O-]. The Morgan fingerprint density at radius 1 is 1.47 bits per heavy atom. The number of nitro benzene ring substituents is 1. The van der Waals surface area contributed by atoms with Crippen LogP contribution in [0.2, 0.25) is 0 Å². The van der Waals surface area contributed by atoms with Crippen LogP contribution < -0.4 is 0 Å². The Hall–Kier alpha value is -2.44. The van der Waals surface area contributed by atoms with Gasteiger partial charge in [-0.25, -0.2) is 9.59 Å². The molecule has 19 heavy (non-hydrogen) atoms. The van der Waals surface area contributed by atoms with Gasteiger partial charge in [-0.05, 0) is 25.5 Å². The summed E-state index contributed by atoms with van der Waals surface area (Å²) in [4.78, 5) is 32.5. The van der Waals surface area contributed by atoms with Gasteiger partial charge in [0.1, 0.15) is 5.56 Å². The number of carbonyl (C=O) groups excluding carboxylic acids is 1. The highest BCUT2D eigenvalue weighted by Gasteiger charge is 2.24. The molecule has 0 heterocycles. The van der Waals surface area contributed by atoms with Crippen molar-refractivity contribution < 1.29 is 24.4 Å². The second-order valence-electron chi connectivity index (χ2n) is 3.92. The zero-order valence-corrected chi connectivity index (χ0v) is 10.5. The second kappa shape index (κ2) is 5.94. The van der Waals surface area contributed by atoms with E-state index in [9.17, 15) is 19.7 Å². The monoisotopic (exact) mass is 267 g/mol. The molecule has 0 aliphatic rings. The van der Waals surface area contributed by atoms with Gasteiger partial charge in [0.2, 0.25) is 0 Å². The van der Waals surface area contributed by atoms with Crippen LogP contribution in [0.15, 0.2) is 18.2 Å². The Balaban J connectivity index is 3.17. The summed E-state index contributed by atoms with van der Waals surface area (Å²) >= 11 is 0. The molecule has 1 unspecified atom stereocenters. The first-order chi connectivity index (χ1) is 8.86. The lowest BCUT2D eigenvalue weighted by atomic mass is 10.1. The number of carbonyl (C=O) groups is 2. The maximum absolute atomic E-state index is 11.7. The summed E-state index contributed by atoms with van der Waals surface area (Å²) in [5.74, 6) is -2.14. The Kier molecular flexibility index (Phi) is 4.57. The third-order valence-corrected chi connectivity index (χ3v) is 2.54. The molecule has 0 fully saturated rings. The largest absolute Gasteiger partial charge is 0.478 e. The van der Waals surface area contributed by atoms with Gasteiger partial charge in [-0.2, -0.15) is 0 Å². The van der Waals surface area contributed by atoms with Crippen LogP contribution in [0, 0.1) is 10.1 Å². The Morgan fingerprint density at radius 3 is 2.58 bits per heavy atom. The van der Waals surface area contributed by atoms with Crippen LogP contribution in [-0.4, -0.2) is 28.1 Å². The molecule has 102 valence electrons. The highest BCUT2D eigenvalue weighted by Crippen LogP contribution is 2.22. The average Bonchev–Trinajstić information content (AvgIpc) is 2.37. The summed E-state index contributed by atoms with van der Waals surface area (Å²) in [6.07, 6.45) is 0.207. The molecule has 0 saturated heterocycles. The van der Waals surface area contributed by atoms with E-state index in [0.29, 0.717) is 6.42 Å². The molecule has 0 aliphatic carbocycles. The van der Waals surface area contributed by atoms with Gasteiger partial charge in [0.05, 0.1) is 16.6 Å². The maximum atomic E-state index is 11.7. The predicted molar refractivity (Wildman–Crippen MR) is 65.2 cm³/mol. The van der Waals surface area contributed by atoms with Crippen LogP contribution in [0.25, 0.3) is 0 Å². The van der Waals surface area contributed by atoms with Crippen molar-refractivity contribution >= 4 is 17.6 Å². The maximum Gasteiger partial charge on any atom is 0.345 e. The first kappa shape index (κ1) is 14.6. The average molecular weight is 267 g/mol. The Morgan fingerprint density at radius 2 is 2.11 bits per heavy atom. The minimum Gasteiger partial charge on any atom is -0.478 e. The highest BCUT2D eigenvalue weighted by atomic mass is 16.6. The number of carboxylic acids is 1. The predicted octanol–water partition coefficient (Wildman–Crippen LogP) is 2.25. The van der Waals surface area contributed by atoms with Gasteiger partial charge >= 0.3 is 11.9 Å². The van der Waals surface area contributed by atoms with Crippen LogP contribution in [0.3, 0.4) is 0 Å². The van der Waals surface area contributed by atoms with Gasteiger partial charge in [-0.3, -0.25) is 10.1 Å². The molecule has 0 aromatic heterocycles. The number of hydrogen-bond donors (Lipinski definition) is 1. The second-order valence-corrected chi connectivity index (χ2v) is 3.92. The van der Waals surface area contributed by atoms with Crippen molar-refractivity contribution in [1.82, 2.24) is 0 Å². The van der Waals surface area contributed by atoms with Crippen LogP contribution in [0.1, 0.15) is 41.0 Å². The Bertz CT molecular complexity index is 525. The fourth-order valence-corrected chi connectivity index (χ4v) is 1.32. The van der Waals surface area contributed by atoms with E-state index in [0.717, 1.165) is 18.2 Å². The number of aromatic carboxylic acids is 1. The van der Waals surface area contributed by atoms with E-state index < -0.39 is 22.5 Å². The summed E-state index contributed by atoms with van der Waals surface area (Å²) in [6, 6.07) is 3.06. The summed E-state index contributed by atoms with van der Waals surface area (Å²) in [5.41, 5.74) is -1.09. The van der Waals surface area contributed by atoms with Crippen molar-refractivity contribution in [2.75, 3.05) is 0 Å².